The predicted octanol–water partition coefficient (Wildman–Crippen LogP) is 12.0. The summed E-state index contributed by atoms with van der Waals surface area (Å²) in [6.45, 7) is 0. The van der Waals surface area contributed by atoms with Crippen molar-refractivity contribution in [2.45, 2.75) is 0 Å². The summed E-state index contributed by atoms with van der Waals surface area (Å²) in [6, 6.07) is 53.4. The van der Waals surface area contributed by atoms with Gasteiger partial charge in [0.05, 0.1) is 5.52 Å². The van der Waals surface area contributed by atoms with E-state index in [-0.39, 0.29) is 0 Å². The van der Waals surface area contributed by atoms with Crippen LogP contribution < -0.4 is 0 Å². The minimum Gasteiger partial charge on any atom is -0.456 e. The standard InChI is InChI=1S/C46H26N4O2/c1-2-12-28(13-3-1)44-48-45(50-46(49-44)34-17-10-20-39-40(34)33-16-7-9-19-37(33)51-39)31-23-24-38-35(26-31)41-32-15-6-8-18-36(32)47-42(43(41)52-38)30-22-21-27-11-4-5-14-29(27)25-30/h1-26H. The van der Waals surface area contributed by atoms with E-state index in [2.05, 4.69) is 72.8 Å². The molecule has 0 N–H and O–H groups in total. The quantitative estimate of drug-likeness (QED) is 0.186. The van der Waals surface area contributed by atoms with Crippen LogP contribution in [-0.2, 0) is 0 Å². The van der Waals surface area contributed by atoms with E-state index >= 15 is 0 Å². The third-order valence-electron chi connectivity index (χ3n) is 9.90. The van der Waals surface area contributed by atoms with Crippen LogP contribution in [0.3, 0.4) is 0 Å². The molecule has 11 aromatic rings. The summed E-state index contributed by atoms with van der Waals surface area (Å²) in [5.41, 5.74) is 8.50. The maximum atomic E-state index is 6.69. The van der Waals surface area contributed by atoms with Gasteiger partial charge in [0.25, 0.3) is 0 Å². The molecule has 0 bridgehead atoms. The van der Waals surface area contributed by atoms with Crippen molar-refractivity contribution in [3.05, 3.63) is 158 Å². The van der Waals surface area contributed by atoms with E-state index in [9.17, 15) is 0 Å². The summed E-state index contributed by atoms with van der Waals surface area (Å²) >= 11 is 0. The Hall–Kier alpha value is -7.18. The molecule has 242 valence electrons. The fourth-order valence-electron chi connectivity index (χ4n) is 7.46. The number of aromatic nitrogens is 4. The molecule has 4 heterocycles. The Morgan fingerprint density at radius 1 is 0.365 bits per heavy atom. The zero-order chi connectivity index (χ0) is 34.2. The topological polar surface area (TPSA) is 77.8 Å². The van der Waals surface area contributed by atoms with Gasteiger partial charge >= 0.3 is 0 Å². The van der Waals surface area contributed by atoms with Gasteiger partial charge < -0.3 is 8.83 Å². The molecule has 0 aliphatic rings. The molecule has 11 rings (SSSR count). The molecule has 6 heteroatoms. The molecule has 52 heavy (non-hydrogen) atoms. The molecule has 7 aromatic carbocycles. The molecule has 0 aliphatic heterocycles. The first-order chi connectivity index (χ1) is 25.7. The van der Waals surface area contributed by atoms with Gasteiger partial charge in [-0.25, -0.2) is 19.9 Å². The maximum absolute atomic E-state index is 6.69. The van der Waals surface area contributed by atoms with E-state index in [1.54, 1.807) is 0 Å². The molecule has 0 amide bonds. The van der Waals surface area contributed by atoms with E-state index in [4.69, 9.17) is 28.8 Å². The van der Waals surface area contributed by atoms with Gasteiger partial charge in [0.15, 0.2) is 23.1 Å². The fraction of sp³-hybridized carbons (Fsp3) is 0. The first-order valence-corrected chi connectivity index (χ1v) is 17.2. The second-order valence-electron chi connectivity index (χ2n) is 13.0. The minimum atomic E-state index is 0.568. The van der Waals surface area contributed by atoms with Crippen molar-refractivity contribution in [3.8, 4) is 45.4 Å². The lowest BCUT2D eigenvalue weighted by atomic mass is 10.0. The summed E-state index contributed by atoms with van der Waals surface area (Å²) in [4.78, 5) is 20.4. The highest BCUT2D eigenvalue weighted by molar-refractivity contribution is 6.21. The van der Waals surface area contributed by atoms with Crippen LogP contribution in [0.4, 0.5) is 0 Å². The van der Waals surface area contributed by atoms with Gasteiger partial charge in [-0.1, -0.05) is 115 Å². The van der Waals surface area contributed by atoms with Crippen LogP contribution >= 0.6 is 0 Å². The van der Waals surface area contributed by atoms with Gasteiger partial charge in [0.1, 0.15) is 22.4 Å². The summed E-state index contributed by atoms with van der Waals surface area (Å²) in [5.74, 6) is 1.74. The Morgan fingerprint density at radius 2 is 1.06 bits per heavy atom. The molecule has 0 fully saturated rings. The molecular formula is C46H26N4O2. The molecule has 0 aliphatic carbocycles. The molecule has 6 nitrogen and oxygen atoms in total. The third-order valence-corrected chi connectivity index (χ3v) is 9.90. The van der Waals surface area contributed by atoms with Gasteiger partial charge in [-0.3, -0.25) is 0 Å². The van der Waals surface area contributed by atoms with Gasteiger partial charge in [0.2, 0.25) is 0 Å². The van der Waals surface area contributed by atoms with Crippen molar-refractivity contribution >= 4 is 65.6 Å². The summed E-state index contributed by atoms with van der Waals surface area (Å²) in [6.07, 6.45) is 0. The smallest absolute Gasteiger partial charge is 0.164 e. The second kappa shape index (κ2) is 11.2. The number of rotatable bonds is 4. The average molecular weight is 667 g/mol. The molecule has 0 saturated heterocycles. The van der Waals surface area contributed by atoms with E-state index in [1.807, 2.05) is 84.9 Å². The highest BCUT2D eigenvalue weighted by atomic mass is 16.3. The van der Waals surface area contributed by atoms with Gasteiger partial charge in [-0.05, 0) is 53.2 Å². The van der Waals surface area contributed by atoms with Crippen LogP contribution in [-0.4, -0.2) is 19.9 Å². The highest BCUT2D eigenvalue weighted by Crippen LogP contribution is 2.42. The summed E-state index contributed by atoms with van der Waals surface area (Å²) in [7, 11) is 0. The number of hydrogen-bond acceptors (Lipinski definition) is 6. The van der Waals surface area contributed by atoms with Crippen LogP contribution in [0.25, 0.3) is 111 Å². The van der Waals surface area contributed by atoms with Crippen molar-refractivity contribution in [1.82, 2.24) is 19.9 Å². The molecule has 4 aromatic heterocycles. The van der Waals surface area contributed by atoms with Crippen LogP contribution in [0, 0.1) is 0 Å². The first-order valence-electron chi connectivity index (χ1n) is 17.2. The Kier molecular flexibility index (Phi) is 6.15. The maximum Gasteiger partial charge on any atom is 0.164 e. The molecular weight excluding hydrogens is 641 g/mol. The Balaban J connectivity index is 1.16. The molecule has 0 atom stereocenters. The average Bonchev–Trinajstić information content (AvgIpc) is 3.79. The molecule has 0 unspecified atom stereocenters. The van der Waals surface area contributed by atoms with Gasteiger partial charge in [0, 0.05) is 49.2 Å². The van der Waals surface area contributed by atoms with Crippen LogP contribution in [0.15, 0.2) is 167 Å². The number of pyridine rings is 1. The Labute approximate surface area is 296 Å². The van der Waals surface area contributed by atoms with Crippen LogP contribution in [0.5, 0.6) is 0 Å². The number of furan rings is 2. The number of fused-ring (bicyclic) bond motifs is 9. The Morgan fingerprint density at radius 3 is 1.96 bits per heavy atom. The number of benzene rings is 7. The second-order valence-corrected chi connectivity index (χ2v) is 13.0. The normalized spacial score (nSPS) is 11.8. The number of hydrogen-bond donors (Lipinski definition) is 0. The van der Waals surface area contributed by atoms with E-state index < -0.39 is 0 Å². The monoisotopic (exact) mass is 666 g/mol. The molecule has 0 spiro atoms. The van der Waals surface area contributed by atoms with Crippen LogP contribution in [0.2, 0.25) is 0 Å². The van der Waals surface area contributed by atoms with Gasteiger partial charge in [-0.15, -0.1) is 0 Å². The molecule has 0 saturated carbocycles. The van der Waals surface area contributed by atoms with Crippen molar-refractivity contribution in [1.29, 1.82) is 0 Å². The Bertz CT molecular complexity index is 3200. The number of nitrogens with zero attached hydrogens (tertiary/aromatic N) is 4. The zero-order valence-corrected chi connectivity index (χ0v) is 27.6. The summed E-state index contributed by atoms with van der Waals surface area (Å²) < 4.78 is 12.9. The first kappa shape index (κ1) is 28.6. The third kappa shape index (κ3) is 4.44. The zero-order valence-electron chi connectivity index (χ0n) is 27.6. The van der Waals surface area contributed by atoms with Crippen molar-refractivity contribution in [2.75, 3.05) is 0 Å². The lowest BCUT2D eigenvalue weighted by Gasteiger charge is -2.09. The minimum absolute atomic E-state index is 0.568. The lowest BCUT2D eigenvalue weighted by molar-refractivity contribution is 0.668. The number of para-hydroxylation sites is 2. The largest absolute Gasteiger partial charge is 0.456 e. The van der Waals surface area contributed by atoms with E-state index in [1.165, 1.54) is 5.39 Å². The SMILES string of the molecule is c1ccc(-c2nc(-c3ccc4oc5c(-c6ccc7ccccc7c6)nc6ccccc6c5c4c3)nc(-c3cccc4oc5ccccc5c34)n2)cc1. The predicted molar refractivity (Wildman–Crippen MR) is 209 cm³/mol. The highest BCUT2D eigenvalue weighted by Gasteiger charge is 2.21. The lowest BCUT2D eigenvalue weighted by Crippen LogP contribution is -2.00. The van der Waals surface area contributed by atoms with Gasteiger partial charge in [-0.2, -0.15) is 0 Å². The van der Waals surface area contributed by atoms with E-state index in [0.717, 1.165) is 88.1 Å². The fourth-order valence-corrected chi connectivity index (χ4v) is 7.46. The van der Waals surface area contributed by atoms with Crippen molar-refractivity contribution in [3.63, 3.8) is 0 Å². The van der Waals surface area contributed by atoms with E-state index in [0.29, 0.717) is 17.5 Å². The van der Waals surface area contributed by atoms with Crippen molar-refractivity contribution in [2.24, 2.45) is 0 Å². The van der Waals surface area contributed by atoms with Crippen LogP contribution in [0.1, 0.15) is 0 Å². The molecule has 0 radical (unpaired) electrons. The van der Waals surface area contributed by atoms with Crippen molar-refractivity contribution < 1.29 is 8.83 Å². The summed E-state index contributed by atoms with van der Waals surface area (Å²) in [5, 5.41) is 7.34.